The van der Waals surface area contributed by atoms with Crippen molar-refractivity contribution < 1.29 is 29.3 Å². The Labute approximate surface area is 229 Å². The molecule has 0 aromatic heterocycles. The summed E-state index contributed by atoms with van der Waals surface area (Å²) in [6.45, 7) is 8.99. The number of rotatable bonds is 9. The highest BCUT2D eigenvalue weighted by molar-refractivity contribution is 5.90. The summed E-state index contributed by atoms with van der Waals surface area (Å²) in [5, 5.41) is 24.6. The van der Waals surface area contributed by atoms with Crippen molar-refractivity contribution in [3.8, 4) is 5.75 Å². The molecule has 0 saturated heterocycles. The maximum Gasteiger partial charge on any atom is 0.335 e. The molecule has 4 N–H and O–H groups in total. The van der Waals surface area contributed by atoms with Crippen molar-refractivity contribution in [2.75, 3.05) is 32.1 Å². The van der Waals surface area contributed by atoms with Crippen LogP contribution in [0.4, 0.5) is 10.5 Å². The van der Waals surface area contributed by atoms with E-state index in [9.17, 15) is 19.5 Å². The summed E-state index contributed by atoms with van der Waals surface area (Å²) in [5.74, 6) is -0.561. The lowest BCUT2D eigenvalue weighted by atomic mass is 10.0. The zero-order valence-electron chi connectivity index (χ0n) is 23.3. The van der Waals surface area contributed by atoms with E-state index in [1.807, 2.05) is 34.7 Å². The van der Waals surface area contributed by atoms with E-state index in [1.165, 1.54) is 0 Å². The van der Waals surface area contributed by atoms with Gasteiger partial charge in [0.1, 0.15) is 11.9 Å². The minimum Gasteiger partial charge on any atom is -0.488 e. The van der Waals surface area contributed by atoms with Crippen LogP contribution in [0.3, 0.4) is 0 Å². The zero-order valence-corrected chi connectivity index (χ0v) is 23.3. The summed E-state index contributed by atoms with van der Waals surface area (Å²) in [6.07, 6.45) is -0.207. The van der Waals surface area contributed by atoms with Gasteiger partial charge >= 0.3 is 12.0 Å². The molecule has 0 unspecified atom stereocenters. The number of urea groups is 1. The monoisotopic (exact) mass is 540 g/mol. The van der Waals surface area contributed by atoms with Crippen molar-refractivity contribution in [1.29, 1.82) is 0 Å². The standard InChI is InChI=1S/C29H40N4O6/c1-18(2)30-29(38)31-24-10-11-25-23(12-24)13-27(35)33(20(4)17-34)14-19(3)26(39-25)16-32(5)15-21-6-8-22(9-7-21)28(36)37/h6-12,18-20,26,34H,13-17H2,1-5H3,(H,36,37)(H2,30,31,38)/t19-,20+,26-/m1/s1. The second kappa shape index (κ2) is 13.4. The minimum atomic E-state index is -0.962. The van der Waals surface area contributed by atoms with E-state index in [0.29, 0.717) is 36.6 Å². The van der Waals surface area contributed by atoms with Gasteiger partial charge in [-0.05, 0) is 63.7 Å². The number of aromatic carboxylic acids is 1. The Hall–Kier alpha value is -3.63. The molecule has 0 bridgehead atoms. The Morgan fingerprint density at radius 2 is 1.85 bits per heavy atom. The van der Waals surface area contributed by atoms with E-state index in [4.69, 9.17) is 9.84 Å². The van der Waals surface area contributed by atoms with E-state index in [0.717, 1.165) is 5.56 Å². The van der Waals surface area contributed by atoms with Crippen molar-refractivity contribution in [3.05, 3.63) is 59.2 Å². The number of aliphatic hydroxyl groups excluding tert-OH is 1. The number of hydrogen-bond donors (Lipinski definition) is 4. The molecule has 2 aromatic rings. The number of nitrogens with one attached hydrogen (secondary N) is 2. The van der Waals surface area contributed by atoms with Crippen LogP contribution >= 0.6 is 0 Å². The van der Waals surface area contributed by atoms with E-state index >= 15 is 0 Å². The molecule has 3 rings (SSSR count). The highest BCUT2D eigenvalue weighted by Crippen LogP contribution is 2.29. The maximum atomic E-state index is 13.4. The fraction of sp³-hybridized carbons (Fsp3) is 0.483. The smallest absolute Gasteiger partial charge is 0.335 e. The summed E-state index contributed by atoms with van der Waals surface area (Å²) < 4.78 is 6.53. The number of fused-ring (bicyclic) bond motifs is 1. The van der Waals surface area contributed by atoms with Crippen molar-refractivity contribution in [2.45, 2.75) is 58.8 Å². The first kappa shape index (κ1) is 29.9. The van der Waals surface area contributed by atoms with Gasteiger partial charge in [0.2, 0.25) is 5.91 Å². The molecule has 1 aliphatic heterocycles. The summed E-state index contributed by atoms with van der Waals surface area (Å²) in [6, 6.07) is 11.4. The van der Waals surface area contributed by atoms with E-state index in [-0.39, 0.29) is 54.6 Å². The van der Waals surface area contributed by atoms with Crippen LogP contribution < -0.4 is 15.4 Å². The van der Waals surface area contributed by atoms with Gasteiger partial charge in [-0.3, -0.25) is 9.69 Å². The van der Waals surface area contributed by atoms with Crippen LogP contribution in [0.1, 0.15) is 49.2 Å². The molecule has 0 spiro atoms. The van der Waals surface area contributed by atoms with Gasteiger partial charge in [0.15, 0.2) is 0 Å². The molecule has 2 aromatic carbocycles. The highest BCUT2D eigenvalue weighted by atomic mass is 16.5. The van der Waals surface area contributed by atoms with Crippen LogP contribution in [0.5, 0.6) is 5.75 Å². The quantitative estimate of drug-likeness (QED) is 0.384. The molecule has 0 radical (unpaired) electrons. The van der Waals surface area contributed by atoms with Crippen LogP contribution in [-0.4, -0.2) is 82.9 Å². The lowest BCUT2D eigenvalue weighted by Gasteiger charge is -2.34. The third-order valence-electron chi connectivity index (χ3n) is 6.74. The van der Waals surface area contributed by atoms with E-state index < -0.39 is 5.97 Å². The molecule has 10 heteroatoms. The van der Waals surface area contributed by atoms with Crippen LogP contribution in [0.15, 0.2) is 42.5 Å². The normalized spacial score (nSPS) is 18.5. The van der Waals surface area contributed by atoms with Gasteiger partial charge in [-0.1, -0.05) is 19.1 Å². The Kier molecular flexibility index (Phi) is 10.3. The Morgan fingerprint density at radius 3 is 2.46 bits per heavy atom. The number of benzene rings is 2. The summed E-state index contributed by atoms with van der Waals surface area (Å²) in [5.41, 5.74) is 2.42. The predicted molar refractivity (Wildman–Crippen MR) is 149 cm³/mol. The van der Waals surface area contributed by atoms with E-state index in [1.54, 1.807) is 47.4 Å². The number of nitrogens with zero attached hydrogens (tertiary/aromatic N) is 2. The molecule has 0 saturated carbocycles. The van der Waals surface area contributed by atoms with Gasteiger partial charge in [-0.2, -0.15) is 0 Å². The van der Waals surface area contributed by atoms with Crippen LogP contribution in [0.25, 0.3) is 0 Å². The molecule has 3 atom stereocenters. The third kappa shape index (κ3) is 8.43. The molecule has 39 heavy (non-hydrogen) atoms. The van der Waals surface area contributed by atoms with Crippen molar-refractivity contribution >= 4 is 23.6 Å². The summed E-state index contributed by atoms with van der Waals surface area (Å²) >= 11 is 0. The lowest BCUT2D eigenvalue weighted by molar-refractivity contribution is -0.134. The first-order valence-electron chi connectivity index (χ1n) is 13.2. The van der Waals surface area contributed by atoms with Gasteiger partial charge in [0, 0.05) is 42.8 Å². The molecular formula is C29H40N4O6. The number of carboxylic acid groups (broad SMARTS) is 1. The molecule has 3 amide bonds. The number of amides is 3. The van der Waals surface area contributed by atoms with Crippen molar-refractivity contribution in [1.82, 2.24) is 15.1 Å². The summed E-state index contributed by atoms with van der Waals surface area (Å²) in [4.78, 5) is 40.6. The average Bonchev–Trinajstić information content (AvgIpc) is 2.91. The Morgan fingerprint density at radius 1 is 1.15 bits per heavy atom. The van der Waals surface area contributed by atoms with Crippen LogP contribution in [0, 0.1) is 5.92 Å². The van der Waals surface area contributed by atoms with Gasteiger partial charge in [-0.25, -0.2) is 9.59 Å². The third-order valence-corrected chi connectivity index (χ3v) is 6.74. The minimum absolute atomic E-state index is 0.0226. The second-order valence-electron chi connectivity index (χ2n) is 10.7. The maximum absolute atomic E-state index is 13.4. The lowest BCUT2D eigenvalue weighted by Crippen LogP contribution is -2.47. The number of carbonyl (C=O) groups excluding carboxylic acids is 2. The van der Waals surface area contributed by atoms with Gasteiger partial charge < -0.3 is 30.5 Å². The molecule has 1 aliphatic rings. The molecule has 0 aliphatic carbocycles. The largest absolute Gasteiger partial charge is 0.488 e. The topological polar surface area (TPSA) is 131 Å². The number of anilines is 1. The fourth-order valence-electron chi connectivity index (χ4n) is 4.59. The number of aliphatic hydroxyl groups is 1. The molecular weight excluding hydrogens is 500 g/mol. The zero-order chi connectivity index (χ0) is 28.7. The molecule has 212 valence electrons. The second-order valence-corrected chi connectivity index (χ2v) is 10.7. The number of carbonyl (C=O) groups is 3. The number of likely N-dealkylation sites (N-methyl/N-ethyl adjacent to an activating group) is 1. The fourth-order valence-corrected chi connectivity index (χ4v) is 4.59. The SMILES string of the molecule is CC(C)NC(=O)Nc1ccc2c(c1)CC(=O)N([C@@H](C)CO)C[C@@H](C)[C@@H](CN(C)Cc1ccc(C(=O)O)cc1)O2. The predicted octanol–water partition coefficient (Wildman–Crippen LogP) is 3.20. The highest BCUT2D eigenvalue weighted by Gasteiger charge is 2.31. The first-order chi connectivity index (χ1) is 18.5. The first-order valence-corrected chi connectivity index (χ1v) is 13.2. The Bertz CT molecular complexity index is 1150. The molecule has 0 fully saturated rings. The van der Waals surface area contributed by atoms with Crippen LogP contribution in [0.2, 0.25) is 0 Å². The summed E-state index contributed by atoms with van der Waals surface area (Å²) in [7, 11) is 1.97. The average molecular weight is 541 g/mol. The Balaban J connectivity index is 1.85. The van der Waals surface area contributed by atoms with Gasteiger partial charge in [0.05, 0.1) is 24.6 Å². The number of carboxylic acids is 1. The van der Waals surface area contributed by atoms with Crippen molar-refractivity contribution in [3.63, 3.8) is 0 Å². The number of ether oxygens (including phenoxy) is 1. The van der Waals surface area contributed by atoms with Gasteiger partial charge in [-0.15, -0.1) is 0 Å². The molecule has 1 heterocycles. The van der Waals surface area contributed by atoms with Crippen molar-refractivity contribution in [2.24, 2.45) is 5.92 Å². The van der Waals surface area contributed by atoms with Gasteiger partial charge in [0.25, 0.3) is 0 Å². The molecule has 10 nitrogen and oxygen atoms in total. The van der Waals surface area contributed by atoms with E-state index in [2.05, 4.69) is 15.5 Å². The number of hydrogen-bond acceptors (Lipinski definition) is 6. The van der Waals surface area contributed by atoms with Crippen LogP contribution in [-0.2, 0) is 17.8 Å².